The number of halogens is 1. The van der Waals surface area contributed by atoms with Crippen LogP contribution in [0.3, 0.4) is 0 Å². The molecule has 0 bridgehead atoms. The third-order valence-electron chi connectivity index (χ3n) is 3.78. The second kappa shape index (κ2) is 8.45. The molecule has 1 amide bonds. The molecule has 1 heterocycles. The van der Waals surface area contributed by atoms with E-state index in [0.717, 1.165) is 16.8 Å². The topological polar surface area (TPSA) is 66.9 Å². The number of nitrogens with zero attached hydrogens (tertiary/aromatic N) is 2. The van der Waals surface area contributed by atoms with Gasteiger partial charge >= 0.3 is 0 Å². The summed E-state index contributed by atoms with van der Waals surface area (Å²) in [6, 6.07) is 19.0. The molecular weight excluding hydrogens is 348 g/mol. The van der Waals surface area contributed by atoms with Crippen LogP contribution in [0.4, 0.5) is 5.95 Å². The zero-order valence-electron chi connectivity index (χ0n) is 14.4. The van der Waals surface area contributed by atoms with Gasteiger partial charge in [-0.15, -0.1) is 0 Å². The van der Waals surface area contributed by atoms with E-state index in [1.54, 1.807) is 12.1 Å². The Balaban J connectivity index is 1.66. The third-order valence-corrected chi connectivity index (χ3v) is 4.15. The van der Waals surface area contributed by atoms with Gasteiger partial charge in [0.1, 0.15) is 5.69 Å². The van der Waals surface area contributed by atoms with E-state index in [2.05, 4.69) is 20.6 Å². The zero-order chi connectivity index (χ0) is 18.4. The highest BCUT2D eigenvalue weighted by molar-refractivity contribution is 6.31. The lowest BCUT2D eigenvalue weighted by molar-refractivity contribution is 0.0946. The van der Waals surface area contributed by atoms with Gasteiger partial charge < -0.3 is 10.6 Å². The molecule has 0 aliphatic rings. The van der Waals surface area contributed by atoms with Gasteiger partial charge in [0.05, 0.1) is 0 Å². The molecule has 0 aliphatic carbocycles. The molecule has 0 radical (unpaired) electrons. The van der Waals surface area contributed by atoms with Gasteiger partial charge in [-0.05, 0) is 30.2 Å². The van der Waals surface area contributed by atoms with Gasteiger partial charge in [-0.25, -0.2) is 9.97 Å². The number of benzene rings is 2. The number of carbonyl (C=O) groups is 1. The quantitative estimate of drug-likeness (QED) is 0.692. The maximum Gasteiger partial charge on any atom is 0.270 e. The van der Waals surface area contributed by atoms with Crippen molar-refractivity contribution in [3.05, 3.63) is 88.2 Å². The SMILES string of the molecule is Cc1cc(C(=O)NCc2ccccc2Cl)nc(NCc2ccccc2)n1. The molecule has 0 atom stereocenters. The highest BCUT2D eigenvalue weighted by Crippen LogP contribution is 2.14. The Morgan fingerprint density at radius 2 is 1.73 bits per heavy atom. The summed E-state index contributed by atoms with van der Waals surface area (Å²) < 4.78 is 0. The minimum atomic E-state index is -0.266. The number of aryl methyl sites for hydroxylation is 1. The molecule has 0 spiro atoms. The summed E-state index contributed by atoms with van der Waals surface area (Å²) in [4.78, 5) is 21.1. The fraction of sp³-hybridized carbons (Fsp3) is 0.150. The predicted molar refractivity (Wildman–Crippen MR) is 103 cm³/mol. The third kappa shape index (κ3) is 4.80. The molecule has 0 fully saturated rings. The van der Waals surface area contributed by atoms with Crippen molar-refractivity contribution in [2.45, 2.75) is 20.0 Å². The number of amides is 1. The zero-order valence-corrected chi connectivity index (χ0v) is 15.1. The van der Waals surface area contributed by atoms with E-state index in [1.165, 1.54) is 0 Å². The minimum Gasteiger partial charge on any atom is -0.350 e. The molecule has 6 heteroatoms. The first-order valence-electron chi connectivity index (χ1n) is 8.27. The van der Waals surface area contributed by atoms with Crippen LogP contribution in [-0.2, 0) is 13.1 Å². The van der Waals surface area contributed by atoms with Crippen LogP contribution in [0.5, 0.6) is 0 Å². The van der Waals surface area contributed by atoms with Crippen molar-refractivity contribution in [2.75, 3.05) is 5.32 Å². The van der Waals surface area contributed by atoms with Gasteiger partial charge in [-0.1, -0.05) is 60.1 Å². The highest BCUT2D eigenvalue weighted by atomic mass is 35.5. The first-order chi connectivity index (χ1) is 12.6. The van der Waals surface area contributed by atoms with Crippen LogP contribution < -0.4 is 10.6 Å². The molecule has 26 heavy (non-hydrogen) atoms. The number of nitrogens with one attached hydrogen (secondary N) is 2. The minimum absolute atomic E-state index is 0.266. The number of carbonyl (C=O) groups excluding carboxylic acids is 1. The van der Waals surface area contributed by atoms with Crippen molar-refractivity contribution in [2.24, 2.45) is 0 Å². The van der Waals surface area contributed by atoms with E-state index in [4.69, 9.17) is 11.6 Å². The first kappa shape index (κ1) is 17.9. The Morgan fingerprint density at radius 1 is 1.00 bits per heavy atom. The number of hydrogen-bond donors (Lipinski definition) is 2. The second-order valence-corrected chi connectivity index (χ2v) is 6.24. The molecule has 0 saturated heterocycles. The average Bonchev–Trinajstić information content (AvgIpc) is 2.66. The Bertz CT molecular complexity index is 899. The van der Waals surface area contributed by atoms with Crippen LogP contribution in [0.2, 0.25) is 5.02 Å². The standard InChI is InChI=1S/C20H19ClN4O/c1-14-11-18(19(26)22-13-16-9-5-6-10-17(16)21)25-20(24-14)23-12-15-7-3-2-4-8-15/h2-11H,12-13H2,1H3,(H,22,26)(H,23,24,25). The van der Waals surface area contributed by atoms with Crippen molar-refractivity contribution >= 4 is 23.5 Å². The molecule has 0 unspecified atom stereocenters. The predicted octanol–water partition coefficient (Wildman–Crippen LogP) is 3.98. The molecule has 0 aliphatic heterocycles. The Hall–Kier alpha value is -2.92. The summed E-state index contributed by atoms with van der Waals surface area (Å²) in [5.74, 6) is 0.162. The van der Waals surface area contributed by atoms with Crippen molar-refractivity contribution in [3.63, 3.8) is 0 Å². The van der Waals surface area contributed by atoms with Crippen molar-refractivity contribution in [1.29, 1.82) is 0 Å². The molecule has 0 saturated carbocycles. The van der Waals surface area contributed by atoms with Gasteiger partial charge in [0.2, 0.25) is 5.95 Å². The molecule has 3 aromatic rings. The number of rotatable bonds is 6. The van der Waals surface area contributed by atoms with E-state index in [9.17, 15) is 4.79 Å². The first-order valence-corrected chi connectivity index (χ1v) is 8.65. The van der Waals surface area contributed by atoms with Gasteiger partial charge in [-0.3, -0.25) is 4.79 Å². The van der Waals surface area contributed by atoms with Crippen LogP contribution in [0.15, 0.2) is 60.7 Å². The summed E-state index contributed by atoms with van der Waals surface area (Å²) in [5, 5.41) is 6.62. The maximum atomic E-state index is 12.4. The molecule has 132 valence electrons. The lowest BCUT2D eigenvalue weighted by atomic mass is 10.2. The van der Waals surface area contributed by atoms with E-state index < -0.39 is 0 Å². The summed E-state index contributed by atoms with van der Waals surface area (Å²) in [5.41, 5.74) is 3.01. The van der Waals surface area contributed by atoms with Crippen LogP contribution in [0, 0.1) is 6.92 Å². The van der Waals surface area contributed by atoms with Crippen LogP contribution in [-0.4, -0.2) is 15.9 Å². The monoisotopic (exact) mass is 366 g/mol. The summed E-state index contributed by atoms with van der Waals surface area (Å²) >= 11 is 6.12. The van der Waals surface area contributed by atoms with Crippen molar-refractivity contribution in [1.82, 2.24) is 15.3 Å². The van der Waals surface area contributed by atoms with Gasteiger partial charge in [0, 0.05) is 23.8 Å². The van der Waals surface area contributed by atoms with Crippen molar-refractivity contribution < 1.29 is 4.79 Å². The normalized spacial score (nSPS) is 10.4. The molecule has 3 rings (SSSR count). The number of anilines is 1. The number of aromatic nitrogens is 2. The lowest BCUT2D eigenvalue weighted by Gasteiger charge is -2.09. The second-order valence-electron chi connectivity index (χ2n) is 5.83. The van der Waals surface area contributed by atoms with Gasteiger partial charge in [-0.2, -0.15) is 0 Å². The van der Waals surface area contributed by atoms with E-state index in [1.807, 2.05) is 55.5 Å². The van der Waals surface area contributed by atoms with E-state index in [0.29, 0.717) is 29.8 Å². The lowest BCUT2D eigenvalue weighted by Crippen LogP contribution is -2.24. The highest BCUT2D eigenvalue weighted by Gasteiger charge is 2.11. The smallest absolute Gasteiger partial charge is 0.270 e. The van der Waals surface area contributed by atoms with Gasteiger partial charge in [0.15, 0.2) is 0 Å². The fourth-order valence-electron chi connectivity index (χ4n) is 2.45. The van der Waals surface area contributed by atoms with E-state index in [-0.39, 0.29) is 5.91 Å². The molecule has 5 nitrogen and oxygen atoms in total. The molecule has 2 aromatic carbocycles. The largest absolute Gasteiger partial charge is 0.350 e. The molecular formula is C20H19ClN4O. The Kier molecular flexibility index (Phi) is 5.81. The maximum absolute atomic E-state index is 12.4. The fourth-order valence-corrected chi connectivity index (χ4v) is 2.65. The number of hydrogen-bond acceptors (Lipinski definition) is 4. The molecule has 1 aromatic heterocycles. The van der Waals surface area contributed by atoms with Crippen LogP contribution in [0.1, 0.15) is 27.3 Å². The van der Waals surface area contributed by atoms with Crippen molar-refractivity contribution in [3.8, 4) is 0 Å². The average molecular weight is 367 g/mol. The van der Waals surface area contributed by atoms with Crippen LogP contribution in [0.25, 0.3) is 0 Å². The Labute approximate surface area is 157 Å². The van der Waals surface area contributed by atoms with Crippen LogP contribution >= 0.6 is 11.6 Å². The summed E-state index contributed by atoms with van der Waals surface area (Å²) in [6.07, 6.45) is 0. The Morgan fingerprint density at radius 3 is 2.50 bits per heavy atom. The molecule has 2 N–H and O–H groups in total. The van der Waals surface area contributed by atoms with E-state index >= 15 is 0 Å². The summed E-state index contributed by atoms with van der Waals surface area (Å²) in [7, 11) is 0. The van der Waals surface area contributed by atoms with Gasteiger partial charge in [0.25, 0.3) is 5.91 Å². The summed E-state index contributed by atoms with van der Waals surface area (Å²) in [6.45, 7) is 2.76.